The van der Waals surface area contributed by atoms with Crippen LogP contribution in [0.25, 0.3) is 5.57 Å². The van der Waals surface area contributed by atoms with Gasteiger partial charge in [-0.15, -0.1) is 0 Å². The van der Waals surface area contributed by atoms with Crippen molar-refractivity contribution in [3.05, 3.63) is 35.9 Å². The number of hydrogen-bond acceptors (Lipinski definition) is 1. The van der Waals surface area contributed by atoms with Crippen LogP contribution in [0.2, 0.25) is 0 Å². The van der Waals surface area contributed by atoms with Gasteiger partial charge in [-0.1, -0.05) is 32.6 Å². The SMILES string of the molecule is C=Nc1cccc(C)c1C(=C)C.CC. The fraction of sp³-hybridized carbons (Fsp3) is 0.308. The third-order valence-corrected chi connectivity index (χ3v) is 1.85. The van der Waals surface area contributed by atoms with E-state index in [4.69, 9.17) is 0 Å². The van der Waals surface area contributed by atoms with Gasteiger partial charge in [0.2, 0.25) is 0 Å². The maximum absolute atomic E-state index is 3.94. The number of nitrogens with zero attached hydrogens (tertiary/aromatic N) is 1. The van der Waals surface area contributed by atoms with Gasteiger partial charge in [0, 0.05) is 5.56 Å². The van der Waals surface area contributed by atoms with Crippen molar-refractivity contribution >= 4 is 18.0 Å². The molecular formula is C13H19N. The molecule has 0 saturated heterocycles. The molecule has 0 aliphatic rings. The average molecular weight is 189 g/mol. The molecule has 0 radical (unpaired) electrons. The van der Waals surface area contributed by atoms with E-state index >= 15 is 0 Å². The molecule has 0 amide bonds. The highest BCUT2D eigenvalue weighted by atomic mass is 14.7. The summed E-state index contributed by atoms with van der Waals surface area (Å²) in [6, 6.07) is 5.98. The molecule has 0 unspecified atom stereocenters. The summed E-state index contributed by atoms with van der Waals surface area (Å²) in [6.07, 6.45) is 0. The van der Waals surface area contributed by atoms with E-state index in [1.165, 1.54) is 5.56 Å². The van der Waals surface area contributed by atoms with Gasteiger partial charge in [0.25, 0.3) is 0 Å². The molecule has 1 heteroatoms. The topological polar surface area (TPSA) is 12.4 Å². The van der Waals surface area contributed by atoms with Gasteiger partial charge in [0.15, 0.2) is 0 Å². The maximum Gasteiger partial charge on any atom is 0.0699 e. The lowest BCUT2D eigenvalue weighted by atomic mass is 10.0. The minimum atomic E-state index is 0.919. The Bertz CT molecular complexity index is 324. The first-order valence-electron chi connectivity index (χ1n) is 4.89. The van der Waals surface area contributed by atoms with E-state index in [1.807, 2.05) is 32.9 Å². The number of benzene rings is 1. The molecule has 0 atom stereocenters. The van der Waals surface area contributed by atoms with E-state index in [9.17, 15) is 0 Å². The highest BCUT2D eigenvalue weighted by Crippen LogP contribution is 2.27. The zero-order chi connectivity index (χ0) is 11.1. The average Bonchev–Trinajstić information content (AvgIpc) is 2.19. The summed E-state index contributed by atoms with van der Waals surface area (Å²) in [5, 5.41) is 0. The van der Waals surface area contributed by atoms with Gasteiger partial charge >= 0.3 is 0 Å². The summed E-state index contributed by atoms with van der Waals surface area (Å²) < 4.78 is 0. The van der Waals surface area contributed by atoms with Gasteiger partial charge < -0.3 is 0 Å². The first-order chi connectivity index (χ1) is 6.66. The molecular weight excluding hydrogens is 170 g/mol. The van der Waals surface area contributed by atoms with Crippen LogP contribution >= 0.6 is 0 Å². The number of rotatable bonds is 2. The van der Waals surface area contributed by atoms with E-state index in [0.717, 1.165) is 16.8 Å². The normalized spacial score (nSPS) is 8.57. The fourth-order valence-corrected chi connectivity index (χ4v) is 1.34. The van der Waals surface area contributed by atoms with Crippen LogP contribution in [0.5, 0.6) is 0 Å². The van der Waals surface area contributed by atoms with Crippen molar-refractivity contribution in [1.29, 1.82) is 0 Å². The Morgan fingerprint density at radius 3 is 2.21 bits per heavy atom. The molecule has 0 N–H and O–H groups in total. The van der Waals surface area contributed by atoms with E-state index in [0.29, 0.717) is 0 Å². The van der Waals surface area contributed by atoms with Crippen LogP contribution in [0.1, 0.15) is 31.9 Å². The summed E-state index contributed by atoms with van der Waals surface area (Å²) in [5.41, 5.74) is 4.28. The molecule has 0 aliphatic heterocycles. The van der Waals surface area contributed by atoms with Gasteiger partial charge in [-0.25, -0.2) is 0 Å². The standard InChI is InChI=1S/C11H13N.C2H6/c1-8(2)11-9(3)6-5-7-10(11)12-4;1-2/h5-7H,1,4H2,2-3H3;1-2H3. The van der Waals surface area contributed by atoms with Gasteiger partial charge in [-0.2, -0.15) is 0 Å². The van der Waals surface area contributed by atoms with Crippen LogP contribution in [-0.4, -0.2) is 6.72 Å². The molecule has 1 aromatic rings. The molecule has 0 fully saturated rings. The number of hydrogen-bond donors (Lipinski definition) is 0. The summed E-state index contributed by atoms with van der Waals surface area (Å²) in [6.45, 7) is 15.5. The monoisotopic (exact) mass is 189 g/mol. The molecule has 0 heterocycles. The Hall–Kier alpha value is -1.37. The highest BCUT2D eigenvalue weighted by Gasteiger charge is 2.03. The molecule has 0 aliphatic carbocycles. The molecule has 1 rings (SSSR count). The van der Waals surface area contributed by atoms with Crippen molar-refractivity contribution in [2.45, 2.75) is 27.7 Å². The van der Waals surface area contributed by atoms with Crippen LogP contribution in [-0.2, 0) is 0 Å². The number of aliphatic imine (C=N–C) groups is 1. The largest absolute Gasteiger partial charge is 0.264 e. The Kier molecular flexibility index (Phi) is 5.54. The zero-order valence-electron chi connectivity index (χ0n) is 9.59. The third kappa shape index (κ3) is 2.84. The molecule has 0 spiro atoms. The van der Waals surface area contributed by atoms with Crippen molar-refractivity contribution in [2.75, 3.05) is 0 Å². The lowest BCUT2D eigenvalue weighted by Gasteiger charge is -2.07. The van der Waals surface area contributed by atoms with Gasteiger partial charge in [0.05, 0.1) is 5.69 Å². The first kappa shape index (κ1) is 12.6. The van der Waals surface area contributed by atoms with E-state index < -0.39 is 0 Å². The van der Waals surface area contributed by atoms with Crippen LogP contribution in [0.3, 0.4) is 0 Å². The molecule has 0 aromatic heterocycles. The fourth-order valence-electron chi connectivity index (χ4n) is 1.34. The van der Waals surface area contributed by atoms with Crippen molar-refractivity contribution in [3.8, 4) is 0 Å². The van der Waals surface area contributed by atoms with Crippen LogP contribution < -0.4 is 0 Å². The smallest absolute Gasteiger partial charge is 0.0699 e. The van der Waals surface area contributed by atoms with Crippen LogP contribution in [0.4, 0.5) is 5.69 Å². The Labute approximate surface area is 87.2 Å². The quantitative estimate of drug-likeness (QED) is 0.612. The van der Waals surface area contributed by atoms with Crippen molar-refractivity contribution < 1.29 is 0 Å². The van der Waals surface area contributed by atoms with E-state index in [-0.39, 0.29) is 0 Å². The summed E-state index contributed by atoms with van der Waals surface area (Å²) >= 11 is 0. The van der Waals surface area contributed by atoms with E-state index in [2.05, 4.69) is 31.3 Å². The predicted molar refractivity (Wildman–Crippen MR) is 66.4 cm³/mol. The lowest BCUT2D eigenvalue weighted by Crippen LogP contribution is -1.84. The second kappa shape index (κ2) is 6.14. The molecule has 1 aromatic carbocycles. The minimum Gasteiger partial charge on any atom is -0.264 e. The predicted octanol–water partition coefficient (Wildman–Crippen LogP) is 4.39. The van der Waals surface area contributed by atoms with Crippen molar-refractivity contribution in [1.82, 2.24) is 0 Å². The summed E-state index contributed by atoms with van der Waals surface area (Å²) in [7, 11) is 0. The molecule has 14 heavy (non-hydrogen) atoms. The molecule has 76 valence electrons. The Balaban J connectivity index is 0.000000791. The number of allylic oxidation sites excluding steroid dienone is 1. The van der Waals surface area contributed by atoms with E-state index in [1.54, 1.807) is 0 Å². The first-order valence-corrected chi connectivity index (χ1v) is 4.89. The van der Waals surface area contributed by atoms with Crippen molar-refractivity contribution in [2.24, 2.45) is 4.99 Å². The molecule has 0 saturated carbocycles. The highest BCUT2D eigenvalue weighted by molar-refractivity contribution is 5.75. The van der Waals surface area contributed by atoms with Gasteiger partial charge in [-0.3, -0.25) is 4.99 Å². The van der Waals surface area contributed by atoms with Gasteiger partial charge in [0.1, 0.15) is 0 Å². The second-order valence-corrected chi connectivity index (χ2v) is 2.91. The zero-order valence-corrected chi connectivity index (χ0v) is 9.59. The lowest BCUT2D eigenvalue weighted by molar-refractivity contribution is 1.38. The van der Waals surface area contributed by atoms with Crippen LogP contribution in [0.15, 0.2) is 29.8 Å². The second-order valence-electron chi connectivity index (χ2n) is 2.91. The van der Waals surface area contributed by atoms with Gasteiger partial charge in [-0.05, 0) is 37.8 Å². The Morgan fingerprint density at radius 1 is 1.29 bits per heavy atom. The molecule has 1 nitrogen and oxygen atoms in total. The van der Waals surface area contributed by atoms with Crippen molar-refractivity contribution in [3.63, 3.8) is 0 Å². The summed E-state index contributed by atoms with van der Waals surface area (Å²) in [5.74, 6) is 0. The maximum atomic E-state index is 3.94. The summed E-state index contributed by atoms with van der Waals surface area (Å²) in [4.78, 5) is 3.94. The minimum absolute atomic E-state index is 0.919. The van der Waals surface area contributed by atoms with Crippen LogP contribution in [0, 0.1) is 6.92 Å². The third-order valence-electron chi connectivity index (χ3n) is 1.85. The Morgan fingerprint density at radius 2 is 1.86 bits per heavy atom. The number of aryl methyl sites for hydroxylation is 1. The molecule has 0 bridgehead atoms.